The van der Waals surface area contributed by atoms with Crippen LogP contribution in [0.1, 0.15) is 35.5 Å². The third-order valence-electron chi connectivity index (χ3n) is 3.55. The molecule has 1 amide bonds. The number of benzene rings is 1. The second-order valence-electron chi connectivity index (χ2n) is 5.34. The van der Waals surface area contributed by atoms with E-state index >= 15 is 0 Å². The largest absolute Gasteiger partial charge is 0.497 e. The molecule has 1 aromatic heterocycles. The van der Waals surface area contributed by atoms with E-state index < -0.39 is 0 Å². The molecule has 1 heterocycles. The molecular formula is C17H22N2O2S. The van der Waals surface area contributed by atoms with Gasteiger partial charge in [-0.2, -0.15) is 0 Å². The van der Waals surface area contributed by atoms with Crippen molar-refractivity contribution in [3.05, 3.63) is 45.9 Å². The molecule has 0 bridgehead atoms. The molecule has 5 heteroatoms. The number of hydrogen-bond donors (Lipinski definition) is 1. The van der Waals surface area contributed by atoms with Gasteiger partial charge in [0.05, 0.1) is 17.8 Å². The number of amides is 1. The Balaban J connectivity index is 1.75. The molecule has 4 nitrogen and oxygen atoms in total. The third-order valence-corrected chi connectivity index (χ3v) is 4.37. The fourth-order valence-corrected chi connectivity index (χ4v) is 2.90. The molecule has 1 N–H and O–H groups in total. The van der Waals surface area contributed by atoms with E-state index in [0.717, 1.165) is 28.4 Å². The van der Waals surface area contributed by atoms with E-state index in [9.17, 15) is 4.79 Å². The van der Waals surface area contributed by atoms with E-state index in [4.69, 9.17) is 4.74 Å². The molecule has 1 aromatic carbocycles. The predicted molar refractivity (Wildman–Crippen MR) is 89.6 cm³/mol. The summed E-state index contributed by atoms with van der Waals surface area (Å²) in [6.45, 7) is 4.69. The topological polar surface area (TPSA) is 51.2 Å². The van der Waals surface area contributed by atoms with Gasteiger partial charge in [-0.05, 0) is 30.5 Å². The Morgan fingerprint density at radius 2 is 2.09 bits per heavy atom. The maximum absolute atomic E-state index is 12.0. The van der Waals surface area contributed by atoms with Crippen molar-refractivity contribution < 1.29 is 9.53 Å². The fourth-order valence-electron chi connectivity index (χ4n) is 2.25. The highest BCUT2D eigenvalue weighted by atomic mass is 32.1. The summed E-state index contributed by atoms with van der Waals surface area (Å²) in [5.74, 6) is 1.10. The lowest BCUT2D eigenvalue weighted by atomic mass is 9.97. The predicted octanol–water partition coefficient (Wildman–Crippen LogP) is 3.31. The quantitative estimate of drug-likeness (QED) is 0.852. The van der Waals surface area contributed by atoms with Crippen LogP contribution in [0.4, 0.5) is 0 Å². The van der Waals surface area contributed by atoms with Gasteiger partial charge in [0.1, 0.15) is 5.75 Å². The van der Waals surface area contributed by atoms with Crippen molar-refractivity contribution >= 4 is 17.2 Å². The number of thiazole rings is 1. The summed E-state index contributed by atoms with van der Waals surface area (Å²) in [7, 11) is 1.65. The van der Waals surface area contributed by atoms with Crippen LogP contribution in [0.3, 0.4) is 0 Å². The van der Waals surface area contributed by atoms with Crippen LogP contribution in [0.2, 0.25) is 0 Å². The van der Waals surface area contributed by atoms with Crippen LogP contribution in [0.15, 0.2) is 29.6 Å². The number of aromatic nitrogens is 1. The molecule has 118 valence electrons. The molecule has 22 heavy (non-hydrogen) atoms. The van der Waals surface area contributed by atoms with Gasteiger partial charge in [0.25, 0.3) is 0 Å². The highest BCUT2D eigenvalue weighted by molar-refractivity contribution is 7.09. The van der Waals surface area contributed by atoms with E-state index in [1.165, 1.54) is 0 Å². The van der Waals surface area contributed by atoms with Crippen molar-refractivity contribution in [1.82, 2.24) is 10.3 Å². The summed E-state index contributed by atoms with van der Waals surface area (Å²) in [6.07, 6.45) is 1.27. The molecule has 0 saturated carbocycles. The standard InChI is InChI=1S/C17H22N2O2S/c1-12(14-4-6-16(21-3)7-5-14)10-17(20)18-9-8-15-11-22-13(2)19-15/h4-7,11-12H,8-10H2,1-3H3,(H,18,20). The maximum Gasteiger partial charge on any atom is 0.220 e. The first-order valence-corrected chi connectivity index (χ1v) is 8.28. The van der Waals surface area contributed by atoms with Crippen LogP contribution in [0, 0.1) is 6.92 Å². The van der Waals surface area contributed by atoms with Gasteiger partial charge in [-0.3, -0.25) is 4.79 Å². The summed E-state index contributed by atoms with van der Waals surface area (Å²) < 4.78 is 5.14. The summed E-state index contributed by atoms with van der Waals surface area (Å²) >= 11 is 1.64. The summed E-state index contributed by atoms with van der Waals surface area (Å²) in [6, 6.07) is 7.87. The highest BCUT2D eigenvalue weighted by Crippen LogP contribution is 2.21. The fraction of sp³-hybridized carbons (Fsp3) is 0.412. The molecule has 0 radical (unpaired) electrons. The number of rotatable bonds is 7. The Hall–Kier alpha value is -1.88. The second-order valence-corrected chi connectivity index (χ2v) is 6.40. The number of nitrogens with one attached hydrogen (secondary N) is 1. The zero-order chi connectivity index (χ0) is 15.9. The Morgan fingerprint density at radius 1 is 1.36 bits per heavy atom. The molecule has 0 aliphatic heterocycles. The van der Waals surface area contributed by atoms with Crippen molar-refractivity contribution in [2.24, 2.45) is 0 Å². The number of carbonyl (C=O) groups is 1. The summed E-state index contributed by atoms with van der Waals surface area (Å²) in [5, 5.41) is 6.07. The van der Waals surface area contributed by atoms with E-state index in [-0.39, 0.29) is 11.8 Å². The van der Waals surface area contributed by atoms with Gasteiger partial charge in [-0.1, -0.05) is 19.1 Å². The number of hydrogen-bond acceptors (Lipinski definition) is 4. The minimum absolute atomic E-state index is 0.0790. The Bertz CT molecular complexity index is 607. The smallest absolute Gasteiger partial charge is 0.220 e. The summed E-state index contributed by atoms with van der Waals surface area (Å²) in [4.78, 5) is 16.4. The third kappa shape index (κ3) is 4.84. The molecule has 0 saturated heterocycles. The van der Waals surface area contributed by atoms with Gasteiger partial charge in [-0.25, -0.2) is 4.98 Å². The average molecular weight is 318 g/mol. The number of nitrogens with zero attached hydrogens (tertiary/aromatic N) is 1. The average Bonchev–Trinajstić information content (AvgIpc) is 2.92. The van der Waals surface area contributed by atoms with Gasteiger partial charge >= 0.3 is 0 Å². The molecule has 0 aliphatic rings. The Labute approximate surface area is 135 Å². The normalized spacial score (nSPS) is 12.0. The summed E-state index contributed by atoms with van der Waals surface area (Å²) in [5.41, 5.74) is 2.19. The lowest BCUT2D eigenvalue weighted by molar-refractivity contribution is -0.121. The Morgan fingerprint density at radius 3 is 2.68 bits per heavy atom. The van der Waals surface area contributed by atoms with Crippen LogP contribution < -0.4 is 10.1 Å². The lowest BCUT2D eigenvalue weighted by Gasteiger charge is -2.12. The van der Waals surface area contributed by atoms with Gasteiger partial charge in [0.15, 0.2) is 0 Å². The van der Waals surface area contributed by atoms with Gasteiger partial charge in [-0.15, -0.1) is 11.3 Å². The maximum atomic E-state index is 12.0. The van der Waals surface area contributed by atoms with Crippen LogP contribution in [0.25, 0.3) is 0 Å². The minimum Gasteiger partial charge on any atom is -0.497 e. The van der Waals surface area contributed by atoms with Crippen molar-refractivity contribution in [3.63, 3.8) is 0 Å². The monoisotopic (exact) mass is 318 g/mol. The van der Waals surface area contributed by atoms with Crippen LogP contribution in [0.5, 0.6) is 5.75 Å². The van der Waals surface area contributed by atoms with Gasteiger partial charge < -0.3 is 10.1 Å². The first-order chi connectivity index (χ1) is 10.6. The first kappa shape index (κ1) is 16.5. The van der Waals surface area contributed by atoms with Crippen LogP contribution >= 0.6 is 11.3 Å². The van der Waals surface area contributed by atoms with Crippen molar-refractivity contribution in [2.45, 2.75) is 32.6 Å². The first-order valence-electron chi connectivity index (χ1n) is 7.40. The molecular weight excluding hydrogens is 296 g/mol. The minimum atomic E-state index is 0.0790. The number of methoxy groups -OCH3 is 1. The van der Waals surface area contributed by atoms with Crippen molar-refractivity contribution in [2.75, 3.05) is 13.7 Å². The molecule has 0 fully saturated rings. The number of aryl methyl sites for hydroxylation is 1. The van der Waals surface area contributed by atoms with E-state index in [2.05, 4.69) is 17.2 Å². The van der Waals surface area contributed by atoms with Crippen LogP contribution in [-0.2, 0) is 11.2 Å². The van der Waals surface area contributed by atoms with Gasteiger partial charge in [0, 0.05) is 24.8 Å². The second kappa shape index (κ2) is 7.94. The molecule has 0 aliphatic carbocycles. The molecule has 2 aromatic rings. The van der Waals surface area contributed by atoms with E-state index in [0.29, 0.717) is 13.0 Å². The van der Waals surface area contributed by atoms with Crippen molar-refractivity contribution in [1.29, 1.82) is 0 Å². The van der Waals surface area contributed by atoms with Gasteiger partial charge in [0.2, 0.25) is 5.91 Å². The van der Waals surface area contributed by atoms with E-state index in [1.54, 1.807) is 18.4 Å². The zero-order valence-electron chi connectivity index (χ0n) is 13.3. The molecule has 2 rings (SSSR count). The molecule has 1 unspecified atom stereocenters. The Kier molecular flexibility index (Phi) is 5.95. The SMILES string of the molecule is COc1ccc(C(C)CC(=O)NCCc2csc(C)n2)cc1. The molecule has 0 spiro atoms. The highest BCUT2D eigenvalue weighted by Gasteiger charge is 2.11. The number of carbonyl (C=O) groups excluding carboxylic acids is 1. The van der Waals surface area contributed by atoms with E-state index in [1.807, 2.05) is 36.6 Å². The zero-order valence-corrected chi connectivity index (χ0v) is 14.1. The number of ether oxygens (including phenoxy) is 1. The van der Waals surface area contributed by atoms with Crippen molar-refractivity contribution in [3.8, 4) is 5.75 Å². The lowest BCUT2D eigenvalue weighted by Crippen LogP contribution is -2.26. The van der Waals surface area contributed by atoms with Crippen LogP contribution in [-0.4, -0.2) is 24.5 Å². The molecule has 1 atom stereocenters.